The lowest BCUT2D eigenvalue weighted by atomic mass is 9.82. The van der Waals surface area contributed by atoms with Crippen molar-refractivity contribution in [2.75, 3.05) is 0 Å². The quantitative estimate of drug-likeness (QED) is 0.807. The van der Waals surface area contributed by atoms with Gasteiger partial charge in [0.15, 0.2) is 0 Å². The molecule has 0 amide bonds. The van der Waals surface area contributed by atoms with Crippen molar-refractivity contribution in [3.63, 3.8) is 0 Å². The van der Waals surface area contributed by atoms with Gasteiger partial charge in [-0.3, -0.25) is 0 Å². The maximum Gasteiger partial charge on any atom is 0.129 e. The van der Waals surface area contributed by atoms with Gasteiger partial charge in [-0.15, -0.1) is 12.4 Å². The van der Waals surface area contributed by atoms with E-state index in [1.807, 2.05) is 27.7 Å². The van der Waals surface area contributed by atoms with E-state index in [1.165, 1.54) is 6.07 Å². The molecule has 0 heterocycles. The SMILES string of the molecule is Cc1ccc(F)c([C@@H](N)C(C)(C)C)c1Cl.Cl. The van der Waals surface area contributed by atoms with Gasteiger partial charge < -0.3 is 5.73 Å². The maximum atomic E-state index is 13.6. The number of aryl methyl sites for hydroxylation is 1. The maximum absolute atomic E-state index is 13.6. The number of rotatable bonds is 1. The lowest BCUT2D eigenvalue weighted by Crippen LogP contribution is -2.27. The summed E-state index contributed by atoms with van der Waals surface area (Å²) in [5.41, 5.74) is 7.08. The van der Waals surface area contributed by atoms with Crippen molar-refractivity contribution in [1.82, 2.24) is 0 Å². The van der Waals surface area contributed by atoms with Gasteiger partial charge in [-0.05, 0) is 24.0 Å². The molecule has 0 spiro atoms. The second-order valence-electron chi connectivity index (χ2n) is 4.94. The van der Waals surface area contributed by atoms with Crippen molar-refractivity contribution in [2.45, 2.75) is 33.7 Å². The average Bonchev–Trinajstić information content (AvgIpc) is 2.10. The van der Waals surface area contributed by atoms with Crippen LogP contribution in [-0.2, 0) is 0 Å². The molecule has 0 aliphatic rings. The fourth-order valence-corrected chi connectivity index (χ4v) is 1.67. The van der Waals surface area contributed by atoms with E-state index in [0.717, 1.165) is 5.56 Å². The Morgan fingerprint density at radius 3 is 2.25 bits per heavy atom. The minimum atomic E-state index is -0.398. The molecule has 0 saturated carbocycles. The molecule has 0 radical (unpaired) electrons. The average molecular weight is 266 g/mol. The van der Waals surface area contributed by atoms with E-state index < -0.39 is 6.04 Å². The van der Waals surface area contributed by atoms with Gasteiger partial charge in [0.2, 0.25) is 0 Å². The minimum Gasteiger partial charge on any atom is -0.323 e. The summed E-state index contributed by atoms with van der Waals surface area (Å²) in [4.78, 5) is 0. The van der Waals surface area contributed by atoms with Gasteiger partial charge in [0.1, 0.15) is 5.82 Å². The Bertz CT molecular complexity index is 372. The highest BCUT2D eigenvalue weighted by molar-refractivity contribution is 6.32. The van der Waals surface area contributed by atoms with Gasteiger partial charge >= 0.3 is 0 Å². The molecule has 1 nitrogen and oxygen atoms in total. The second kappa shape index (κ2) is 5.35. The Morgan fingerprint density at radius 1 is 1.31 bits per heavy atom. The van der Waals surface area contributed by atoms with Gasteiger partial charge in [0.05, 0.1) is 5.02 Å². The summed E-state index contributed by atoms with van der Waals surface area (Å²) in [7, 11) is 0. The Balaban J connectivity index is 0.00000225. The Morgan fingerprint density at radius 2 is 1.81 bits per heavy atom. The van der Waals surface area contributed by atoms with Crippen molar-refractivity contribution in [3.05, 3.63) is 34.1 Å². The molecule has 0 fully saturated rings. The van der Waals surface area contributed by atoms with Crippen LogP contribution in [-0.4, -0.2) is 0 Å². The molecule has 1 aromatic rings. The van der Waals surface area contributed by atoms with Crippen LogP contribution in [0.4, 0.5) is 4.39 Å². The first-order valence-electron chi connectivity index (χ1n) is 4.95. The molecule has 16 heavy (non-hydrogen) atoms. The van der Waals surface area contributed by atoms with Crippen LogP contribution in [0, 0.1) is 18.2 Å². The summed E-state index contributed by atoms with van der Waals surface area (Å²) in [6, 6.07) is 2.68. The van der Waals surface area contributed by atoms with Crippen LogP contribution < -0.4 is 5.73 Å². The van der Waals surface area contributed by atoms with Crippen LogP contribution in [0.25, 0.3) is 0 Å². The summed E-state index contributed by atoms with van der Waals surface area (Å²) < 4.78 is 13.6. The summed E-state index contributed by atoms with van der Waals surface area (Å²) in [5, 5.41) is 0.442. The van der Waals surface area contributed by atoms with E-state index in [0.29, 0.717) is 10.6 Å². The Labute approximate surface area is 108 Å². The molecule has 0 aliphatic carbocycles. The predicted molar refractivity (Wildman–Crippen MR) is 69.8 cm³/mol. The molecule has 1 rings (SSSR count). The van der Waals surface area contributed by atoms with Gasteiger partial charge in [0, 0.05) is 11.6 Å². The lowest BCUT2D eigenvalue weighted by molar-refractivity contribution is 0.319. The third kappa shape index (κ3) is 3.09. The van der Waals surface area contributed by atoms with Crippen molar-refractivity contribution in [3.8, 4) is 0 Å². The highest BCUT2D eigenvalue weighted by Crippen LogP contribution is 2.37. The van der Waals surface area contributed by atoms with E-state index >= 15 is 0 Å². The van der Waals surface area contributed by atoms with E-state index in [-0.39, 0.29) is 23.6 Å². The zero-order valence-corrected chi connectivity index (χ0v) is 11.5. The third-order valence-electron chi connectivity index (χ3n) is 2.56. The van der Waals surface area contributed by atoms with Crippen LogP contribution in [0.1, 0.15) is 37.9 Å². The summed E-state index contributed by atoms with van der Waals surface area (Å²) >= 11 is 6.08. The van der Waals surface area contributed by atoms with Crippen molar-refractivity contribution in [2.24, 2.45) is 11.1 Å². The highest BCUT2D eigenvalue weighted by atomic mass is 35.5. The molecular formula is C12H18Cl2FN. The molecule has 92 valence electrons. The molecule has 1 atom stereocenters. The third-order valence-corrected chi connectivity index (χ3v) is 3.07. The number of halogens is 3. The van der Waals surface area contributed by atoms with Crippen molar-refractivity contribution in [1.29, 1.82) is 0 Å². The van der Waals surface area contributed by atoms with E-state index in [1.54, 1.807) is 6.07 Å². The first kappa shape index (κ1) is 15.7. The van der Waals surface area contributed by atoms with Crippen LogP contribution in [0.15, 0.2) is 12.1 Å². The zero-order chi connectivity index (χ0) is 11.8. The second-order valence-corrected chi connectivity index (χ2v) is 5.31. The predicted octanol–water partition coefficient (Wildman–Crippen LogP) is 4.26. The number of nitrogens with two attached hydrogens (primary N) is 1. The van der Waals surface area contributed by atoms with Gasteiger partial charge in [-0.1, -0.05) is 38.4 Å². The fraction of sp³-hybridized carbons (Fsp3) is 0.500. The molecular weight excluding hydrogens is 248 g/mol. The molecule has 4 heteroatoms. The van der Waals surface area contributed by atoms with Crippen LogP contribution in [0.3, 0.4) is 0 Å². The molecule has 0 saturated heterocycles. The van der Waals surface area contributed by atoms with Gasteiger partial charge in [-0.2, -0.15) is 0 Å². The highest BCUT2D eigenvalue weighted by Gasteiger charge is 2.27. The molecule has 0 aromatic heterocycles. The summed E-state index contributed by atoms with van der Waals surface area (Å²) in [6.07, 6.45) is 0. The van der Waals surface area contributed by atoms with Gasteiger partial charge in [0.25, 0.3) is 0 Å². The largest absolute Gasteiger partial charge is 0.323 e. The zero-order valence-electron chi connectivity index (χ0n) is 9.97. The minimum absolute atomic E-state index is 0. The van der Waals surface area contributed by atoms with Crippen molar-refractivity contribution >= 4 is 24.0 Å². The van der Waals surface area contributed by atoms with Crippen molar-refractivity contribution < 1.29 is 4.39 Å². The normalized spacial score (nSPS) is 13.2. The molecule has 0 bridgehead atoms. The monoisotopic (exact) mass is 265 g/mol. The smallest absolute Gasteiger partial charge is 0.129 e. The molecule has 1 aromatic carbocycles. The summed E-state index contributed by atoms with van der Waals surface area (Å²) in [6.45, 7) is 7.75. The van der Waals surface area contributed by atoms with E-state index in [4.69, 9.17) is 17.3 Å². The Kier molecular flexibility index (Phi) is 5.24. The molecule has 0 unspecified atom stereocenters. The number of hydrogen-bond donors (Lipinski definition) is 1. The van der Waals surface area contributed by atoms with Crippen LogP contribution in [0.2, 0.25) is 5.02 Å². The first-order valence-corrected chi connectivity index (χ1v) is 5.33. The summed E-state index contributed by atoms with van der Waals surface area (Å²) in [5.74, 6) is -0.326. The van der Waals surface area contributed by atoms with Crippen LogP contribution >= 0.6 is 24.0 Å². The fourth-order valence-electron chi connectivity index (χ4n) is 1.40. The molecule has 2 N–H and O–H groups in total. The van der Waals surface area contributed by atoms with Crippen LogP contribution in [0.5, 0.6) is 0 Å². The molecule has 0 aliphatic heterocycles. The first-order chi connectivity index (χ1) is 6.75. The lowest BCUT2D eigenvalue weighted by Gasteiger charge is -2.28. The topological polar surface area (TPSA) is 26.0 Å². The Hall–Kier alpha value is -0.310. The van der Waals surface area contributed by atoms with Gasteiger partial charge in [-0.25, -0.2) is 4.39 Å². The van der Waals surface area contributed by atoms with E-state index in [2.05, 4.69) is 0 Å². The number of hydrogen-bond acceptors (Lipinski definition) is 1. The standard InChI is InChI=1S/C12H17ClFN.ClH/c1-7-5-6-8(14)9(10(7)13)11(15)12(2,3)4;/h5-6,11H,15H2,1-4H3;1H/t11-;/m1./s1. The van der Waals surface area contributed by atoms with E-state index in [9.17, 15) is 4.39 Å². The number of benzene rings is 1.